The zero-order chi connectivity index (χ0) is 24.9. The Morgan fingerprint density at radius 2 is 1.89 bits per heavy atom. The van der Waals surface area contributed by atoms with Crippen LogP contribution >= 0.6 is 0 Å². The standard InChI is InChI=1S/C25H23N7O3/c1-3-21(34)29-16-12-18(14-19(33)13-16)32-24-23(27-15-28-25(24)26)20(30-32)10-11-31(22(35)4-2)17-8-6-5-7-9-17/h3-9,12-15,33H,1-2,10-11H2,(H,29,34)(H2,26,27,28). The zero-order valence-corrected chi connectivity index (χ0v) is 18.8. The van der Waals surface area contributed by atoms with Crippen LogP contribution in [0.4, 0.5) is 17.2 Å². The van der Waals surface area contributed by atoms with Gasteiger partial charge in [-0.05, 0) is 30.4 Å². The number of nitrogens with zero attached hydrogens (tertiary/aromatic N) is 5. The number of amides is 2. The highest BCUT2D eigenvalue weighted by Gasteiger charge is 2.20. The Balaban J connectivity index is 1.75. The molecule has 0 fully saturated rings. The van der Waals surface area contributed by atoms with Crippen molar-refractivity contribution in [1.29, 1.82) is 0 Å². The molecule has 2 aromatic heterocycles. The number of carbonyl (C=O) groups excluding carboxylic acids is 2. The minimum absolute atomic E-state index is 0.0886. The Morgan fingerprint density at radius 3 is 2.60 bits per heavy atom. The predicted molar refractivity (Wildman–Crippen MR) is 134 cm³/mol. The minimum atomic E-state index is -0.428. The molecule has 0 saturated carbocycles. The third-order valence-corrected chi connectivity index (χ3v) is 5.24. The van der Waals surface area contributed by atoms with Gasteiger partial charge in [-0.15, -0.1) is 0 Å². The number of phenols is 1. The molecular weight excluding hydrogens is 446 g/mol. The van der Waals surface area contributed by atoms with Gasteiger partial charge in [-0.25, -0.2) is 14.6 Å². The highest BCUT2D eigenvalue weighted by atomic mass is 16.3. The van der Waals surface area contributed by atoms with Crippen molar-refractivity contribution in [1.82, 2.24) is 19.7 Å². The molecule has 0 aliphatic heterocycles. The fraction of sp³-hybridized carbons (Fsp3) is 0.0800. The molecule has 0 saturated heterocycles. The molecule has 2 aromatic carbocycles. The molecule has 176 valence electrons. The first-order chi connectivity index (χ1) is 16.9. The number of aromatic hydroxyl groups is 1. The molecule has 0 radical (unpaired) electrons. The number of phenolic OH excluding ortho intramolecular Hbond substituents is 1. The third-order valence-electron chi connectivity index (χ3n) is 5.24. The first-order valence-corrected chi connectivity index (χ1v) is 10.7. The lowest BCUT2D eigenvalue weighted by Crippen LogP contribution is -2.31. The van der Waals surface area contributed by atoms with Crippen LogP contribution in [-0.2, 0) is 16.0 Å². The lowest BCUT2D eigenvalue weighted by molar-refractivity contribution is -0.114. The van der Waals surface area contributed by atoms with Gasteiger partial charge in [0.15, 0.2) is 5.82 Å². The fourth-order valence-electron chi connectivity index (χ4n) is 3.67. The topological polar surface area (TPSA) is 139 Å². The maximum atomic E-state index is 12.5. The number of fused-ring (bicyclic) bond motifs is 1. The Hall–Kier alpha value is -4.99. The summed E-state index contributed by atoms with van der Waals surface area (Å²) in [6.07, 6.45) is 4.08. The molecular formula is C25H23N7O3. The lowest BCUT2D eigenvalue weighted by Gasteiger charge is -2.20. The first-order valence-electron chi connectivity index (χ1n) is 10.7. The number of hydrogen-bond donors (Lipinski definition) is 3. The van der Waals surface area contributed by atoms with Crippen LogP contribution in [0.1, 0.15) is 5.69 Å². The second kappa shape index (κ2) is 9.87. The highest BCUT2D eigenvalue weighted by molar-refractivity contribution is 6.01. The molecule has 2 heterocycles. The van der Waals surface area contributed by atoms with Crippen LogP contribution in [0, 0.1) is 0 Å². The van der Waals surface area contributed by atoms with E-state index in [0.29, 0.717) is 41.1 Å². The van der Waals surface area contributed by atoms with E-state index in [-0.39, 0.29) is 17.5 Å². The average molecular weight is 470 g/mol. The van der Waals surface area contributed by atoms with E-state index in [1.54, 1.807) is 11.0 Å². The summed E-state index contributed by atoms with van der Waals surface area (Å²) in [5, 5.41) is 17.5. The van der Waals surface area contributed by atoms with Crippen molar-refractivity contribution in [3.63, 3.8) is 0 Å². The van der Waals surface area contributed by atoms with Crippen LogP contribution in [0.2, 0.25) is 0 Å². The largest absolute Gasteiger partial charge is 0.508 e. The number of benzene rings is 2. The van der Waals surface area contributed by atoms with Crippen molar-refractivity contribution in [2.24, 2.45) is 0 Å². The molecule has 0 unspecified atom stereocenters. The van der Waals surface area contributed by atoms with Crippen LogP contribution in [-0.4, -0.2) is 43.2 Å². The number of anilines is 3. The number of nitrogens with two attached hydrogens (primary N) is 1. The van der Waals surface area contributed by atoms with E-state index in [2.05, 4.69) is 33.5 Å². The van der Waals surface area contributed by atoms with Gasteiger partial charge in [-0.3, -0.25) is 9.59 Å². The van der Waals surface area contributed by atoms with Crippen molar-refractivity contribution in [3.8, 4) is 11.4 Å². The van der Waals surface area contributed by atoms with E-state index in [1.807, 2.05) is 30.3 Å². The molecule has 4 N–H and O–H groups in total. The second-order valence-corrected chi connectivity index (χ2v) is 7.53. The van der Waals surface area contributed by atoms with Gasteiger partial charge in [0.1, 0.15) is 23.1 Å². The molecule has 4 rings (SSSR count). The smallest absolute Gasteiger partial charge is 0.250 e. The molecule has 0 spiro atoms. The van der Waals surface area contributed by atoms with Crippen LogP contribution in [0.15, 0.2) is 80.2 Å². The van der Waals surface area contributed by atoms with E-state index in [1.165, 1.54) is 29.2 Å². The first kappa shape index (κ1) is 23.2. The van der Waals surface area contributed by atoms with Gasteiger partial charge in [-0.2, -0.15) is 5.10 Å². The number of carbonyl (C=O) groups is 2. The fourth-order valence-corrected chi connectivity index (χ4v) is 3.67. The molecule has 4 aromatic rings. The molecule has 0 aliphatic rings. The monoisotopic (exact) mass is 469 g/mol. The number of nitrogen functional groups attached to an aromatic ring is 1. The minimum Gasteiger partial charge on any atom is -0.508 e. The highest BCUT2D eigenvalue weighted by Crippen LogP contribution is 2.29. The van der Waals surface area contributed by atoms with Crippen molar-refractivity contribution in [2.75, 3.05) is 22.5 Å². The summed E-state index contributed by atoms with van der Waals surface area (Å²) < 4.78 is 1.51. The number of nitrogens with one attached hydrogen (secondary N) is 1. The van der Waals surface area contributed by atoms with Crippen LogP contribution in [0.25, 0.3) is 16.7 Å². The van der Waals surface area contributed by atoms with Gasteiger partial charge in [0.2, 0.25) is 11.8 Å². The Labute approximate surface area is 201 Å². The second-order valence-electron chi connectivity index (χ2n) is 7.53. The van der Waals surface area contributed by atoms with E-state index in [9.17, 15) is 14.7 Å². The van der Waals surface area contributed by atoms with E-state index >= 15 is 0 Å². The summed E-state index contributed by atoms with van der Waals surface area (Å²) in [6.45, 7) is 7.35. The van der Waals surface area contributed by atoms with Gasteiger partial charge in [-0.1, -0.05) is 31.4 Å². The van der Waals surface area contributed by atoms with Crippen LogP contribution in [0.3, 0.4) is 0 Å². The summed E-state index contributed by atoms with van der Waals surface area (Å²) >= 11 is 0. The molecule has 2 amide bonds. The summed E-state index contributed by atoms with van der Waals surface area (Å²) in [4.78, 5) is 34.3. The molecule has 0 bridgehead atoms. The molecule has 0 aliphatic carbocycles. The van der Waals surface area contributed by atoms with E-state index in [4.69, 9.17) is 5.73 Å². The van der Waals surface area contributed by atoms with Crippen molar-refractivity contribution >= 4 is 40.0 Å². The predicted octanol–water partition coefficient (Wildman–Crippen LogP) is 2.99. The summed E-state index contributed by atoms with van der Waals surface area (Å²) in [7, 11) is 0. The van der Waals surface area contributed by atoms with Crippen LogP contribution < -0.4 is 16.0 Å². The molecule has 10 heteroatoms. The average Bonchev–Trinajstić information content (AvgIpc) is 3.24. The number of hydrogen-bond acceptors (Lipinski definition) is 7. The van der Waals surface area contributed by atoms with E-state index in [0.717, 1.165) is 11.8 Å². The quantitative estimate of drug-likeness (QED) is 0.337. The van der Waals surface area contributed by atoms with E-state index < -0.39 is 5.91 Å². The maximum Gasteiger partial charge on any atom is 0.250 e. The summed E-state index contributed by atoms with van der Waals surface area (Å²) in [5.41, 5.74) is 9.20. The Bertz CT molecular complexity index is 1430. The number of aromatic nitrogens is 4. The molecule has 0 atom stereocenters. The van der Waals surface area contributed by atoms with Crippen LogP contribution in [0.5, 0.6) is 5.75 Å². The van der Waals surface area contributed by atoms with Gasteiger partial charge in [0, 0.05) is 36.5 Å². The Morgan fingerprint density at radius 1 is 1.11 bits per heavy atom. The van der Waals surface area contributed by atoms with Gasteiger partial charge < -0.3 is 21.1 Å². The number of para-hydroxylation sites is 1. The maximum absolute atomic E-state index is 12.5. The van der Waals surface area contributed by atoms with Crippen molar-refractivity contribution in [3.05, 3.63) is 85.9 Å². The van der Waals surface area contributed by atoms with Gasteiger partial charge in [0.25, 0.3) is 0 Å². The molecule has 10 nitrogen and oxygen atoms in total. The lowest BCUT2D eigenvalue weighted by atomic mass is 10.2. The Kier molecular flexibility index (Phi) is 6.54. The summed E-state index contributed by atoms with van der Waals surface area (Å²) in [5.74, 6) is -0.571. The molecule has 35 heavy (non-hydrogen) atoms. The van der Waals surface area contributed by atoms with Gasteiger partial charge >= 0.3 is 0 Å². The SMILES string of the molecule is C=CC(=O)Nc1cc(O)cc(-n2nc(CCN(C(=O)C=C)c3ccccc3)c3ncnc(N)c32)c1. The van der Waals surface area contributed by atoms with Crippen molar-refractivity contribution in [2.45, 2.75) is 6.42 Å². The zero-order valence-electron chi connectivity index (χ0n) is 18.8. The third kappa shape index (κ3) is 4.86. The van der Waals surface area contributed by atoms with Gasteiger partial charge in [0.05, 0.1) is 11.4 Å². The normalized spacial score (nSPS) is 10.6. The summed E-state index contributed by atoms with van der Waals surface area (Å²) in [6, 6.07) is 13.7. The number of rotatable bonds is 8. The van der Waals surface area contributed by atoms with Crippen molar-refractivity contribution < 1.29 is 14.7 Å².